The van der Waals surface area contributed by atoms with E-state index < -0.39 is 5.97 Å². The van der Waals surface area contributed by atoms with Gasteiger partial charge in [-0.15, -0.1) is 0 Å². The molecule has 2 rings (SSSR count). The highest BCUT2D eigenvalue weighted by atomic mass is 16.4. The predicted octanol–water partition coefficient (Wildman–Crippen LogP) is 2.41. The lowest BCUT2D eigenvalue weighted by atomic mass is 10.0. The first-order valence-electron chi connectivity index (χ1n) is 6.48. The van der Waals surface area contributed by atoms with Crippen LogP contribution < -0.4 is 5.32 Å². The van der Waals surface area contributed by atoms with E-state index in [0.29, 0.717) is 25.4 Å². The van der Waals surface area contributed by atoms with Gasteiger partial charge in [-0.3, -0.25) is 4.79 Å². The van der Waals surface area contributed by atoms with Crippen molar-refractivity contribution in [3.63, 3.8) is 0 Å². The Hall–Kier alpha value is -2.04. The van der Waals surface area contributed by atoms with Crippen LogP contribution in [0.5, 0.6) is 0 Å². The molecule has 0 spiro atoms. The molecule has 0 saturated carbocycles. The Kier molecular flexibility index (Phi) is 4.39. The van der Waals surface area contributed by atoms with E-state index in [4.69, 9.17) is 5.11 Å². The van der Waals surface area contributed by atoms with Gasteiger partial charge in [-0.05, 0) is 30.9 Å². The van der Waals surface area contributed by atoms with Crippen LogP contribution in [0.1, 0.15) is 19.3 Å². The van der Waals surface area contributed by atoms with Crippen molar-refractivity contribution in [2.45, 2.75) is 19.3 Å². The van der Waals surface area contributed by atoms with E-state index in [1.54, 1.807) is 4.90 Å². The largest absolute Gasteiger partial charge is 0.481 e. The molecule has 5 heteroatoms. The molecule has 1 heterocycles. The molecule has 102 valence electrons. The molecule has 1 unspecified atom stereocenters. The molecule has 1 saturated heterocycles. The monoisotopic (exact) mass is 262 g/mol. The molecule has 1 aliphatic heterocycles. The predicted molar refractivity (Wildman–Crippen MR) is 72.0 cm³/mol. The Morgan fingerprint density at radius 3 is 2.74 bits per heavy atom. The summed E-state index contributed by atoms with van der Waals surface area (Å²) in [4.78, 5) is 24.3. The van der Waals surface area contributed by atoms with Crippen LogP contribution >= 0.6 is 0 Å². The summed E-state index contributed by atoms with van der Waals surface area (Å²) < 4.78 is 0. The number of anilines is 1. The maximum Gasteiger partial charge on any atom is 0.321 e. The van der Waals surface area contributed by atoms with Crippen LogP contribution in [0.3, 0.4) is 0 Å². The van der Waals surface area contributed by atoms with Gasteiger partial charge in [-0.25, -0.2) is 4.79 Å². The third-order valence-corrected chi connectivity index (χ3v) is 3.36. The fourth-order valence-electron chi connectivity index (χ4n) is 2.30. The van der Waals surface area contributed by atoms with Crippen molar-refractivity contribution in [3.8, 4) is 0 Å². The highest BCUT2D eigenvalue weighted by Gasteiger charge is 2.26. The van der Waals surface area contributed by atoms with Crippen LogP contribution in [0.2, 0.25) is 0 Å². The maximum absolute atomic E-state index is 12.0. The number of nitrogens with zero attached hydrogens (tertiary/aromatic N) is 1. The SMILES string of the molecule is O=C(O)CCC1CCN(C(=O)Nc2ccccc2)C1. The highest BCUT2D eigenvalue weighted by Crippen LogP contribution is 2.21. The van der Waals surface area contributed by atoms with Gasteiger partial charge in [0.2, 0.25) is 0 Å². The second kappa shape index (κ2) is 6.22. The standard InChI is InChI=1S/C14H18N2O3/c17-13(18)7-6-11-8-9-16(10-11)14(19)15-12-4-2-1-3-5-12/h1-5,11H,6-10H2,(H,15,19)(H,17,18). The number of carbonyl (C=O) groups is 2. The van der Waals surface area contributed by atoms with E-state index in [9.17, 15) is 9.59 Å². The first-order chi connectivity index (χ1) is 9.15. The molecule has 0 aromatic heterocycles. The van der Waals surface area contributed by atoms with Gasteiger partial charge in [0, 0.05) is 25.2 Å². The number of carboxylic acid groups (broad SMARTS) is 1. The van der Waals surface area contributed by atoms with Gasteiger partial charge in [0.25, 0.3) is 0 Å². The molecule has 0 radical (unpaired) electrons. The summed E-state index contributed by atoms with van der Waals surface area (Å²) in [6, 6.07) is 9.22. The summed E-state index contributed by atoms with van der Waals surface area (Å²) in [5.41, 5.74) is 0.779. The Balaban J connectivity index is 1.80. The fourth-order valence-corrected chi connectivity index (χ4v) is 2.30. The molecule has 0 aliphatic carbocycles. The number of benzene rings is 1. The number of likely N-dealkylation sites (tertiary alicyclic amines) is 1. The average Bonchev–Trinajstić information content (AvgIpc) is 2.86. The average molecular weight is 262 g/mol. The lowest BCUT2D eigenvalue weighted by Crippen LogP contribution is -2.33. The topological polar surface area (TPSA) is 69.6 Å². The minimum absolute atomic E-state index is 0.107. The summed E-state index contributed by atoms with van der Waals surface area (Å²) >= 11 is 0. The molecular formula is C14H18N2O3. The van der Waals surface area contributed by atoms with Gasteiger partial charge in [-0.2, -0.15) is 0 Å². The molecule has 1 aromatic rings. The zero-order valence-electron chi connectivity index (χ0n) is 10.7. The highest BCUT2D eigenvalue weighted by molar-refractivity contribution is 5.89. The van der Waals surface area contributed by atoms with Gasteiger partial charge < -0.3 is 15.3 Å². The van der Waals surface area contributed by atoms with Gasteiger partial charge in [0.1, 0.15) is 0 Å². The van der Waals surface area contributed by atoms with E-state index in [1.807, 2.05) is 30.3 Å². The number of carboxylic acids is 1. The minimum Gasteiger partial charge on any atom is -0.481 e. The van der Waals surface area contributed by atoms with E-state index >= 15 is 0 Å². The van der Waals surface area contributed by atoms with Crippen molar-refractivity contribution in [2.24, 2.45) is 5.92 Å². The molecule has 5 nitrogen and oxygen atoms in total. The van der Waals surface area contributed by atoms with Gasteiger partial charge >= 0.3 is 12.0 Å². The normalized spacial score (nSPS) is 18.3. The number of urea groups is 1. The Labute approximate surface area is 112 Å². The second-order valence-electron chi connectivity index (χ2n) is 4.83. The molecule has 2 amide bonds. The van der Waals surface area contributed by atoms with Crippen LogP contribution in [-0.4, -0.2) is 35.1 Å². The maximum atomic E-state index is 12.0. The zero-order valence-corrected chi connectivity index (χ0v) is 10.7. The Morgan fingerprint density at radius 1 is 1.32 bits per heavy atom. The minimum atomic E-state index is -0.771. The van der Waals surface area contributed by atoms with E-state index in [1.165, 1.54) is 0 Å². The van der Waals surface area contributed by atoms with Crippen LogP contribution in [0, 0.1) is 5.92 Å². The first kappa shape index (κ1) is 13.4. The third-order valence-electron chi connectivity index (χ3n) is 3.36. The lowest BCUT2D eigenvalue weighted by molar-refractivity contribution is -0.137. The third kappa shape index (κ3) is 3.98. The number of aliphatic carboxylic acids is 1. The van der Waals surface area contributed by atoms with E-state index in [2.05, 4.69) is 5.32 Å². The van der Waals surface area contributed by atoms with Crippen molar-refractivity contribution in [1.82, 2.24) is 4.90 Å². The van der Waals surface area contributed by atoms with Crippen molar-refractivity contribution < 1.29 is 14.7 Å². The summed E-state index contributed by atoms with van der Waals surface area (Å²) in [6.45, 7) is 1.34. The van der Waals surface area contributed by atoms with Crippen molar-refractivity contribution >= 4 is 17.7 Å². The molecular weight excluding hydrogens is 244 g/mol. The van der Waals surface area contributed by atoms with Crippen molar-refractivity contribution in [1.29, 1.82) is 0 Å². The van der Waals surface area contributed by atoms with Gasteiger partial charge in [0.15, 0.2) is 0 Å². The summed E-state index contributed by atoms with van der Waals surface area (Å²) in [7, 11) is 0. The van der Waals surface area contributed by atoms with Crippen LogP contribution in [-0.2, 0) is 4.79 Å². The van der Waals surface area contributed by atoms with Gasteiger partial charge in [0.05, 0.1) is 0 Å². The van der Waals surface area contributed by atoms with Crippen LogP contribution in [0.15, 0.2) is 30.3 Å². The molecule has 2 N–H and O–H groups in total. The number of para-hydroxylation sites is 1. The smallest absolute Gasteiger partial charge is 0.321 e. The molecule has 19 heavy (non-hydrogen) atoms. The number of carbonyl (C=O) groups excluding carboxylic acids is 1. The summed E-state index contributed by atoms with van der Waals surface area (Å²) in [6.07, 6.45) is 1.71. The fraction of sp³-hybridized carbons (Fsp3) is 0.429. The lowest BCUT2D eigenvalue weighted by Gasteiger charge is -2.17. The molecule has 1 aliphatic rings. The summed E-state index contributed by atoms with van der Waals surface area (Å²) in [5.74, 6) is -0.468. The molecule has 1 atom stereocenters. The van der Waals surface area contributed by atoms with Crippen molar-refractivity contribution in [3.05, 3.63) is 30.3 Å². The van der Waals surface area contributed by atoms with Gasteiger partial charge in [-0.1, -0.05) is 18.2 Å². The zero-order chi connectivity index (χ0) is 13.7. The number of nitrogens with one attached hydrogen (secondary N) is 1. The number of rotatable bonds is 4. The summed E-state index contributed by atoms with van der Waals surface area (Å²) in [5, 5.41) is 11.5. The first-order valence-corrected chi connectivity index (χ1v) is 6.48. The molecule has 1 aromatic carbocycles. The number of hydrogen-bond acceptors (Lipinski definition) is 2. The van der Waals surface area contributed by atoms with Crippen LogP contribution in [0.25, 0.3) is 0 Å². The number of hydrogen-bond donors (Lipinski definition) is 2. The van der Waals surface area contributed by atoms with E-state index in [-0.39, 0.29) is 12.5 Å². The second-order valence-corrected chi connectivity index (χ2v) is 4.83. The quantitative estimate of drug-likeness (QED) is 0.875. The Morgan fingerprint density at radius 2 is 2.05 bits per heavy atom. The molecule has 1 fully saturated rings. The Bertz CT molecular complexity index is 447. The van der Waals surface area contributed by atoms with Crippen molar-refractivity contribution in [2.75, 3.05) is 18.4 Å². The number of amides is 2. The van der Waals surface area contributed by atoms with Crippen LogP contribution in [0.4, 0.5) is 10.5 Å². The van der Waals surface area contributed by atoms with E-state index in [0.717, 1.165) is 12.1 Å². The molecule has 0 bridgehead atoms.